The molecule has 2 aromatic rings. The van der Waals surface area contributed by atoms with Gasteiger partial charge in [0, 0.05) is 31.0 Å². The van der Waals surface area contributed by atoms with Crippen LogP contribution in [0.15, 0.2) is 36.5 Å². The van der Waals surface area contributed by atoms with Gasteiger partial charge in [0.15, 0.2) is 17.3 Å². The second-order valence-corrected chi connectivity index (χ2v) is 6.26. The average Bonchev–Trinajstić information content (AvgIpc) is 2.75. The minimum atomic E-state index is -0.332. The van der Waals surface area contributed by atoms with Crippen molar-refractivity contribution in [1.82, 2.24) is 9.99 Å². The maximum absolute atomic E-state index is 13.0. The summed E-state index contributed by atoms with van der Waals surface area (Å²) in [5, 5.41) is 6.21. The van der Waals surface area contributed by atoms with Gasteiger partial charge in [0.1, 0.15) is 6.54 Å². The fourth-order valence-corrected chi connectivity index (χ4v) is 3.30. The maximum Gasteiger partial charge on any atom is 0.343 e. The Bertz CT molecular complexity index is 904. The fourth-order valence-electron chi connectivity index (χ4n) is 3.30. The number of urea groups is 1. The molecule has 1 aromatic heterocycles. The van der Waals surface area contributed by atoms with Crippen molar-refractivity contribution >= 4 is 29.1 Å². The molecule has 3 amide bonds. The molecule has 9 nitrogen and oxygen atoms in total. The average molecular weight is 399 g/mol. The van der Waals surface area contributed by atoms with Crippen molar-refractivity contribution in [2.45, 2.75) is 13.8 Å². The molecule has 0 saturated heterocycles. The van der Waals surface area contributed by atoms with Crippen molar-refractivity contribution in [3.63, 3.8) is 0 Å². The van der Waals surface area contributed by atoms with E-state index in [2.05, 4.69) is 10.3 Å². The van der Waals surface area contributed by atoms with Crippen molar-refractivity contribution in [2.75, 3.05) is 49.1 Å². The van der Waals surface area contributed by atoms with E-state index in [1.165, 1.54) is 12.0 Å². The van der Waals surface area contributed by atoms with E-state index in [1.807, 2.05) is 18.9 Å². The fraction of sp³-hybridized carbons (Fsp3) is 0.350. The van der Waals surface area contributed by atoms with Gasteiger partial charge in [0.25, 0.3) is 0 Å². The first kappa shape index (κ1) is 20.2. The van der Waals surface area contributed by atoms with E-state index in [1.54, 1.807) is 48.6 Å². The van der Waals surface area contributed by atoms with Gasteiger partial charge >= 0.3 is 6.03 Å². The Morgan fingerprint density at radius 2 is 1.79 bits per heavy atom. The molecule has 29 heavy (non-hydrogen) atoms. The number of carbonyl (C=O) groups excluding carboxylic acids is 2. The van der Waals surface area contributed by atoms with Gasteiger partial charge < -0.3 is 14.8 Å². The summed E-state index contributed by atoms with van der Waals surface area (Å²) < 4.78 is 10.5. The number of aromatic nitrogens is 1. The van der Waals surface area contributed by atoms with Crippen LogP contribution in [0.3, 0.4) is 0 Å². The number of anilines is 3. The van der Waals surface area contributed by atoms with E-state index in [0.717, 1.165) is 0 Å². The highest BCUT2D eigenvalue weighted by atomic mass is 16.5. The molecule has 0 spiro atoms. The predicted octanol–water partition coefficient (Wildman–Crippen LogP) is 2.74. The van der Waals surface area contributed by atoms with Crippen molar-refractivity contribution in [3.05, 3.63) is 36.5 Å². The summed E-state index contributed by atoms with van der Waals surface area (Å²) in [5.41, 5.74) is 1.15. The lowest BCUT2D eigenvalue weighted by atomic mass is 10.2. The second kappa shape index (κ2) is 8.68. The molecule has 0 radical (unpaired) electrons. The molecule has 3 rings (SSSR count). The summed E-state index contributed by atoms with van der Waals surface area (Å²) in [4.78, 5) is 31.6. The van der Waals surface area contributed by atoms with Crippen LogP contribution in [0.4, 0.5) is 22.0 Å². The number of ether oxygens (including phenoxy) is 2. The van der Waals surface area contributed by atoms with E-state index in [9.17, 15) is 9.59 Å². The summed E-state index contributed by atoms with van der Waals surface area (Å²) in [6, 6.07) is 8.36. The van der Waals surface area contributed by atoms with Gasteiger partial charge in [-0.15, -0.1) is 0 Å². The minimum Gasteiger partial charge on any atom is -0.493 e. The molecular weight excluding hydrogens is 374 g/mol. The standard InChI is InChI=1S/C20H25N5O4/c1-5-24-19-15(8-7-11-21-19)23(20(27)25(24)6-2)13-18(26)22-14-9-10-16(28-3)17(12-14)29-4/h7-12H,5-6,13H2,1-4H3,(H,22,26). The first-order chi connectivity index (χ1) is 14.0. The van der Waals surface area contributed by atoms with Crippen molar-refractivity contribution < 1.29 is 19.1 Å². The van der Waals surface area contributed by atoms with Gasteiger partial charge in [-0.05, 0) is 38.1 Å². The number of hydrogen-bond donors (Lipinski definition) is 1. The third-order valence-corrected chi connectivity index (χ3v) is 4.61. The van der Waals surface area contributed by atoms with Crippen LogP contribution < -0.4 is 24.7 Å². The molecule has 0 bridgehead atoms. The summed E-state index contributed by atoms with van der Waals surface area (Å²) in [7, 11) is 3.07. The van der Waals surface area contributed by atoms with E-state index in [0.29, 0.717) is 41.8 Å². The van der Waals surface area contributed by atoms with Gasteiger partial charge in [-0.1, -0.05) is 0 Å². The van der Waals surface area contributed by atoms with Crippen molar-refractivity contribution in [1.29, 1.82) is 0 Å². The first-order valence-electron chi connectivity index (χ1n) is 9.37. The van der Waals surface area contributed by atoms with Gasteiger partial charge in [0.05, 0.1) is 19.9 Å². The molecule has 0 fully saturated rings. The highest BCUT2D eigenvalue weighted by molar-refractivity contribution is 6.05. The van der Waals surface area contributed by atoms with Crippen molar-refractivity contribution in [3.8, 4) is 11.5 Å². The lowest BCUT2D eigenvalue weighted by molar-refractivity contribution is -0.114. The van der Waals surface area contributed by atoms with Crippen LogP contribution in [-0.2, 0) is 4.79 Å². The molecule has 0 atom stereocenters. The monoisotopic (exact) mass is 399 g/mol. The maximum atomic E-state index is 13.0. The summed E-state index contributed by atoms with van der Waals surface area (Å²) in [6.07, 6.45) is 1.67. The molecule has 0 unspecified atom stereocenters. The lowest BCUT2D eigenvalue weighted by Crippen LogP contribution is -2.58. The van der Waals surface area contributed by atoms with Crippen LogP contribution in [0.2, 0.25) is 0 Å². The van der Waals surface area contributed by atoms with Crippen LogP contribution in [0.25, 0.3) is 0 Å². The van der Waals surface area contributed by atoms with Gasteiger partial charge in [-0.3, -0.25) is 14.7 Å². The number of hydrazine groups is 1. The van der Waals surface area contributed by atoms with Gasteiger partial charge in [-0.25, -0.2) is 14.8 Å². The smallest absolute Gasteiger partial charge is 0.343 e. The Kier molecular flexibility index (Phi) is 6.06. The van der Waals surface area contributed by atoms with Gasteiger partial charge in [-0.2, -0.15) is 0 Å². The minimum absolute atomic E-state index is 0.139. The number of rotatable bonds is 7. The topological polar surface area (TPSA) is 87.2 Å². The zero-order valence-corrected chi connectivity index (χ0v) is 17.0. The Morgan fingerprint density at radius 3 is 2.45 bits per heavy atom. The third-order valence-electron chi connectivity index (χ3n) is 4.61. The number of pyridine rings is 1. The highest BCUT2D eigenvalue weighted by Gasteiger charge is 2.36. The molecule has 0 saturated carbocycles. The number of nitrogens with zero attached hydrogens (tertiary/aromatic N) is 4. The quantitative estimate of drug-likeness (QED) is 0.770. The molecule has 9 heteroatoms. The number of hydrogen-bond acceptors (Lipinski definition) is 6. The Morgan fingerprint density at radius 1 is 1.07 bits per heavy atom. The van der Waals surface area contributed by atoms with E-state index >= 15 is 0 Å². The predicted molar refractivity (Wildman–Crippen MR) is 111 cm³/mol. The van der Waals surface area contributed by atoms with Crippen LogP contribution in [0.5, 0.6) is 11.5 Å². The van der Waals surface area contributed by atoms with E-state index in [-0.39, 0.29) is 18.5 Å². The molecular formula is C20H25N5O4. The number of fused-ring (bicyclic) bond motifs is 1. The molecule has 1 aliphatic heterocycles. The SMILES string of the molecule is CCN1C(=O)N(CC(=O)Nc2ccc(OC)c(OC)c2)c2cccnc2N1CC. The summed E-state index contributed by atoms with van der Waals surface area (Å²) >= 11 is 0. The van der Waals surface area contributed by atoms with Crippen LogP contribution in [0.1, 0.15) is 13.8 Å². The van der Waals surface area contributed by atoms with Gasteiger partial charge in [0.2, 0.25) is 5.91 Å². The number of benzene rings is 1. The number of methoxy groups -OCH3 is 2. The zero-order valence-electron chi connectivity index (χ0n) is 17.0. The molecule has 1 aliphatic rings. The Balaban J connectivity index is 1.83. The molecule has 0 aliphatic carbocycles. The molecule has 2 heterocycles. The van der Waals surface area contributed by atoms with Crippen molar-refractivity contribution in [2.24, 2.45) is 0 Å². The third kappa shape index (κ3) is 3.89. The van der Waals surface area contributed by atoms with E-state index in [4.69, 9.17) is 9.47 Å². The number of nitrogens with one attached hydrogen (secondary N) is 1. The largest absolute Gasteiger partial charge is 0.493 e. The van der Waals surface area contributed by atoms with E-state index < -0.39 is 0 Å². The Labute approximate surface area is 169 Å². The molecule has 1 aromatic carbocycles. The number of carbonyl (C=O) groups is 2. The normalized spacial score (nSPS) is 13.2. The molecule has 1 N–H and O–H groups in total. The number of amides is 3. The van der Waals surface area contributed by atoms with Crippen LogP contribution in [0, 0.1) is 0 Å². The summed E-state index contributed by atoms with van der Waals surface area (Å²) in [6.45, 7) is 4.76. The second-order valence-electron chi connectivity index (χ2n) is 6.26. The lowest BCUT2D eigenvalue weighted by Gasteiger charge is -2.43. The van der Waals surface area contributed by atoms with Crippen LogP contribution in [-0.4, -0.2) is 55.8 Å². The molecule has 154 valence electrons. The summed E-state index contributed by atoms with van der Waals surface area (Å²) in [5.74, 6) is 1.39. The Hall–Kier alpha value is -3.49. The zero-order chi connectivity index (χ0) is 21.0. The first-order valence-corrected chi connectivity index (χ1v) is 9.37. The highest BCUT2D eigenvalue weighted by Crippen LogP contribution is 2.34. The van der Waals surface area contributed by atoms with Crippen LogP contribution >= 0.6 is 0 Å².